The van der Waals surface area contributed by atoms with Crippen molar-refractivity contribution in [3.63, 3.8) is 0 Å². The molecule has 1 atom stereocenters. The lowest BCUT2D eigenvalue weighted by Gasteiger charge is -2.33. The van der Waals surface area contributed by atoms with Crippen molar-refractivity contribution in [2.45, 2.75) is 32.4 Å². The highest BCUT2D eigenvalue weighted by Crippen LogP contribution is 2.36. The number of fused-ring (bicyclic) bond motifs is 1. The molecule has 4 rings (SSSR count). The van der Waals surface area contributed by atoms with Crippen LogP contribution in [0.3, 0.4) is 0 Å². The van der Waals surface area contributed by atoms with Crippen LogP contribution in [0.5, 0.6) is 17.2 Å². The van der Waals surface area contributed by atoms with Crippen molar-refractivity contribution in [1.29, 1.82) is 0 Å². The number of amides is 2. The topological polar surface area (TPSA) is 114 Å². The molecule has 0 bridgehead atoms. The molecule has 1 aliphatic heterocycles. The molecule has 0 spiro atoms. The number of carbonyl (C=O) groups excluding carboxylic acids is 2. The number of ether oxygens (including phenoxy) is 3. The van der Waals surface area contributed by atoms with E-state index < -0.39 is 28.5 Å². The standard InChI is InChI=1S/C30H35N3O7S/c1-4-15-31-30(35)26(17-22-9-6-5-7-10-22)32(19-23-11-8-12-25(16-23)38-2)29(34)20-33(41(3,36)37)24-13-14-27-28(18-24)40-21-39-27/h5-14,16,18,26H,4,15,17,19-21H2,1-3H3,(H,31,35)/t26-/m1/s1. The molecule has 10 nitrogen and oxygen atoms in total. The normalized spacial score (nSPS) is 12.9. The molecule has 41 heavy (non-hydrogen) atoms. The summed E-state index contributed by atoms with van der Waals surface area (Å²) in [6.45, 7) is 1.96. The number of nitrogens with zero attached hydrogens (tertiary/aromatic N) is 2. The van der Waals surface area contributed by atoms with Crippen molar-refractivity contribution >= 4 is 27.5 Å². The number of rotatable bonds is 13. The lowest BCUT2D eigenvalue weighted by molar-refractivity contribution is -0.140. The second-order valence-electron chi connectivity index (χ2n) is 9.68. The monoisotopic (exact) mass is 581 g/mol. The quantitative estimate of drug-likeness (QED) is 0.329. The van der Waals surface area contributed by atoms with Crippen LogP contribution in [0.2, 0.25) is 0 Å². The second kappa shape index (κ2) is 13.4. The molecule has 218 valence electrons. The van der Waals surface area contributed by atoms with Gasteiger partial charge in [0.1, 0.15) is 18.3 Å². The van der Waals surface area contributed by atoms with E-state index >= 15 is 0 Å². The van der Waals surface area contributed by atoms with Crippen LogP contribution >= 0.6 is 0 Å². The molecule has 2 amide bonds. The molecule has 0 unspecified atom stereocenters. The molecule has 0 aromatic heterocycles. The summed E-state index contributed by atoms with van der Waals surface area (Å²) in [7, 11) is -2.35. The van der Waals surface area contributed by atoms with Crippen LogP contribution in [0.1, 0.15) is 24.5 Å². The fraction of sp³-hybridized carbons (Fsp3) is 0.333. The first-order valence-corrected chi connectivity index (χ1v) is 15.2. The smallest absolute Gasteiger partial charge is 0.244 e. The van der Waals surface area contributed by atoms with Gasteiger partial charge in [0.15, 0.2) is 11.5 Å². The molecule has 1 aliphatic rings. The van der Waals surface area contributed by atoms with Crippen molar-refractivity contribution in [2.24, 2.45) is 0 Å². The molecule has 3 aromatic rings. The van der Waals surface area contributed by atoms with Crippen molar-refractivity contribution in [1.82, 2.24) is 10.2 Å². The number of anilines is 1. The van der Waals surface area contributed by atoms with Gasteiger partial charge in [0.05, 0.1) is 19.1 Å². The Morgan fingerprint density at radius 2 is 1.71 bits per heavy atom. The molecular formula is C30H35N3O7S. The van der Waals surface area contributed by atoms with E-state index in [-0.39, 0.29) is 31.4 Å². The first-order valence-electron chi connectivity index (χ1n) is 13.3. The van der Waals surface area contributed by atoms with Crippen molar-refractivity contribution in [3.05, 3.63) is 83.9 Å². The fourth-order valence-electron chi connectivity index (χ4n) is 4.54. The third-order valence-electron chi connectivity index (χ3n) is 6.63. The van der Waals surface area contributed by atoms with E-state index in [4.69, 9.17) is 14.2 Å². The van der Waals surface area contributed by atoms with Crippen LogP contribution in [0, 0.1) is 0 Å². The van der Waals surface area contributed by atoms with Crippen molar-refractivity contribution in [2.75, 3.05) is 37.6 Å². The van der Waals surface area contributed by atoms with E-state index in [1.54, 1.807) is 37.4 Å². The third-order valence-corrected chi connectivity index (χ3v) is 7.77. The summed E-state index contributed by atoms with van der Waals surface area (Å²) < 4.78 is 43.1. The lowest BCUT2D eigenvalue weighted by Crippen LogP contribution is -2.53. The Morgan fingerprint density at radius 3 is 2.41 bits per heavy atom. The summed E-state index contributed by atoms with van der Waals surface area (Å²) in [6, 6.07) is 20.4. The molecule has 1 N–H and O–H groups in total. The average Bonchev–Trinajstić information content (AvgIpc) is 3.44. The number of nitrogens with one attached hydrogen (secondary N) is 1. The Hall–Kier alpha value is -4.25. The summed E-state index contributed by atoms with van der Waals surface area (Å²) in [6.07, 6.45) is 2.00. The number of methoxy groups -OCH3 is 1. The zero-order chi connectivity index (χ0) is 29.4. The Kier molecular flexibility index (Phi) is 9.72. The second-order valence-corrected chi connectivity index (χ2v) is 11.6. The molecule has 0 aliphatic carbocycles. The molecule has 3 aromatic carbocycles. The first kappa shape index (κ1) is 29.7. The van der Waals surface area contributed by atoms with E-state index in [0.717, 1.165) is 28.1 Å². The van der Waals surface area contributed by atoms with E-state index in [0.29, 0.717) is 23.8 Å². The van der Waals surface area contributed by atoms with Gasteiger partial charge in [-0.1, -0.05) is 49.4 Å². The predicted octanol–water partition coefficient (Wildman–Crippen LogP) is 3.36. The van der Waals surface area contributed by atoms with Gasteiger partial charge >= 0.3 is 0 Å². The van der Waals surface area contributed by atoms with Crippen molar-refractivity contribution < 1.29 is 32.2 Å². The van der Waals surface area contributed by atoms with E-state index in [1.165, 1.54) is 11.0 Å². The van der Waals surface area contributed by atoms with Crippen LogP contribution in [-0.4, -0.2) is 64.4 Å². The number of hydrogen-bond donors (Lipinski definition) is 1. The molecule has 11 heteroatoms. The van der Waals surface area contributed by atoms with E-state index in [1.807, 2.05) is 43.3 Å². The molecular weight excluding hydrogens is 546 g/mol. The highest BCUT2D eigenvalue weighted by Gasteiger charge is 2.33. The molecule has 1 heterocycles. The first-order chi connectivity index (χ1) is 19.7. The van der Waals surface area contributed by atoms with Crippen LogP contribution in [-0.2, 0) is 32.6 Å². The molecule has 0 saturated carbocycles. The molecule has 0 fully saturated rings. The molecule has 0 saturated heterocycles. The Morgan fingerprint density at radius 1 is 0.976 bits per heavy atom. The largest absolute Gasteiger partial charge is 0.497 e. The summed E-state index contributed by atoms with van der Waals surface area (Å²) in [5.41, 5.74) is 1.85. The highest BCUT2D eigenvalue weighted by atomic mass is 32.2. The number of sulfonamides is 1. The zero-order valence-electron chi connectivity index (χ0n) is 23.4. The van der Waals surface area contributed by atoms with Gasteiger partial charge in [-0.05, 0) is 41.8 Å². The van der Waals surface area contributed by atoms with Gasteiger partial charge in [0, 0.05) is 25.6 Å². The zero-order valence-corrected chi connectivity index (χ0v) is 24.2. The SMILES string of the molecule is CCCNC(=O)[C@@H](Cc1ccccc1)N(Cc1cccc(OC)c1)C(=O)CN(c1ccc2c(c1)OCO2)S(C)(=O)=O. The van der Waals surface area contributed by atoms with E-state index in [9.17, 15) is 18.0 Å². The van der Waals surface area contributed by atoms with Gasteiger partial charge in [0.2, 0.25) is 28.6 Å². The van der Waals surface area contributed by atoms with Crippen LogP contribution in [0.25, 0.3) is 0 Å². The minimum Gasteiger partial charge on any atom is -0.497 e. The minimum absolute atomic E-state index is 0.0267. The van der Waals surface area contributed by atoms with Gasteiger partial charge in [0.25, 0.3) is 0 Å². The van der Waals surface area contributed by atoms with Crippen LogP contribution in [0.15, 0.2) is 72.8 Å². The summed E-state index contributed by atoms with van der Waals surface area (Å²) in [4.78, 5) is 29.1. The van der Waals surface area contributed by atoms with Gasteiger partial charge in [-0.25, -0.2) is 8.42 Å². The lowest BCUT2D eigenvalue weighted by atomic mass is 10.0. The highest BCUT2D eigenvalue weighted by molar-refractivity contribution is 7.92. The van der Waals surface area contributed by atoms with Gasteiger partial charge in [-0.3, -0.25) is 13.9 Å². The number of benzene rings is 3. The maximum Gasteiger partial charge on any atom is 0.244 e. The van der Waals surface area contributed by atoms with E-state index in [2.05, 4.69) is 5.32 Å². The number of hydrogen-bond acceptors (Lipinski definition) is 7. The minimum atomic E-state index is -3.90. The Labute approximate surface area is 240 Å². The summed E-state index contributed by atoms with van der Waals surface area (Å²) in [5, 5.41) is 2.92. The third kappa shape index (κ3) is 7.69. The van der Waals surface area contributed by atoms with Crippen molar-refractivity contribution in [3.8, 4) is 17.2 Å². The average molecular weight is 582 g/mol. The van der Waals surface area contributed by atoms with Gasteiger partial charge < -0.3 is 24.4 Å². The van der Waals surface area contributed by atoms with Gasteiger partial charge in [-0.15, -0.1) is 0 Å². The Balaban J connectivity index is 1.72. The summed E-state index contributed by atoms with van der Waals surface area (Å²) >= 11 is 0. The maximum atomic E-state index is 14.1. The van der Waals surface area contributed by atoms with Crippen LogP contribution in [0.4, 0.5) is 5.69 Å². The molecule has 0 radical (unpaired) electrons. The maximum absolute atomic E-state index is 14.1. The number of carbonyl (C=O) groups is 2. The van der Waals surface area contributed by atoms with Crippen LogP contribution < -0.4 is 23.8 Å². The summed E-state index contributed by atoms with van der Waals surface area (Å²) in [5.74, 6) is 0.619. The van der Waals surface area contributed by atoms with Gasteiger partial charge in [-0.2, -0.15) is 0 Å². The Bertz CT molecular complexity index is 1460. The predicted molar refractivity (Wildman–Crippen MR) is 156 cm³/mol. The fourth-order valence-corrected chi connectivity index (χ4v) is 5.38.